The van der Waals surface area contributed by atoms with Crippen molar-refractivity contribution in [3.63, 3.8) is 0 Å². The summed E-state index contributed by atoms with van der Waals surface area (Å²) in [6, 6.07) is 9.90. The smallest absolute Gasteiger partial charge is 0.259 e. The minimum absolute atomic E-state index is 0.0410. The van der Waals surface area contributed by atoms with Crippen LogP contribution in [0, 0.1) is 19.8 Å². The number of aromatic nitrogens is 2. The molecule has 0 N–H and O–H groups in total. The Labute approximate surface area is 147 Å². The fourth-order valence-corrected chi connectivity index (χ4v) is 2.97. The van der Waals surface area contributed by atoms with E-state index in [0.717, 1.165) is 5.56 Å². The summed E-state index contributed by atoms with van der Waals surface area (Å²) in [7, 11) is 1.82. The van der Waals surface area contributed by atoms with Gasteiger partial charge in [-0.25, -0.2) is 4.98 Å². The lowest BCUT2D eigenvalue weighted by Crippen LogP contribution is -2.30. The minimum Gasteiger partial charge on any atom is -0.341 e. The van der Waals surface area contributed by atoms with Crippen LogP contribution in [0.4, 0.5) is 0 Å². The van der Waals surface area contributed by atoms with Gasteiger partial charge in [0, 0.05) is 19.2 Å². The topological polar surface area (TPSA) is 59.2 Å². The molecule has 2 aromatic heterocycles. The molecule has 1 amide bonds. The zero-order valence-electron chi connectivity index (χ0n) is 15.3. The van der Waals surface area contributed by atoms with Crippen molar-refractivity contribution >= 4 is 17.0 Å². The molecule has 3 aromatic rings. The summed E-state index contributed by atoms with van der Waals surface area (Å²) in [5, 5.41) is 4.69. The van der Waals surface area contributed by atoms with Gasteiger partial charge in [0.2, 0.25) is 0 Å². The van der Waals surface area contributed by atoms with Gasteiger partial charge in [0.15, 0.2) is 0 Å². The number of hydrogen-bond donors (Lipinski definition) is 0. The first-order valence-corrected chi connectivity index (χ1v) is 8.46. The number of amides is 1. The van der Waals surface area contributed by atoms with Crippen LogP contribution in [0.1, 0.15) is 35.5 Å². The van der Waals surface area contributed by atoms with Crippen LogP contribution < -0.4 is 0 Å². The molecule has 25 heavy (non-hydrogen) atoms. The van der Waals surface area contributed by atoms with Gasteiger partial charge in [-0.2, -0.15) is 0 Å². The number of fused-ring (bicyclic) bond motifs is 1. The Hall–Kier alpha value is -2.69. The average molecular weight is 337 g/mol. The molecular weight excluding hydrogens is 314 g/mol. The highest BCUT2D eigenvalue weighted by Crippen LogP contribution is 2.28. The summed E-state index contributed by atoms with van der Waals surface area (Å²) >= 11 is 0. The summed E-state index contributed by atoms with van der Waals surface area (Å²) in [5.41, 5.74) is 4.50. The fourth-order valence-electron chi connectivity index (χ4n) is 2.97. The molecule has 5 nitrogen and oxygen atoms in total. The van der Waals surface area contributed by atoms with Crippen LogP contribution in [-0.2, 0) is 0 Å². The van der Waals surface area contributed by atoms with E-state index in [4.69, 9.17) is 4.52 Å². The number of hydrogen-bond acceptors (Lipinski definition) is 4. The standard InChI is InChI=1S/C20H23N3O2/c1-12(2)11-23(5)20(24)16-10-17(15-8-6-13(3)7-9-15)21-19-18(16)14(4)22-25-19/h6-10,12H,11H2,1-5H3. The molecule has 0 saturated carbocycles. The van der Waals surface area contributed by atoms with E-state index in [1.807, 2.05) is 51.2 Å². The van der Waals surface area contributed by atoms with E-state index in [1.54, 1.807) is 4.90 Å². The molecule has 130 valence electrons. The summed E-state index contributed by atoms with van der Waals surface area (Å²) in [4.78, 5) is 19.3. The van der Waals surface area contributed by atoms with E-state index in [9.17, 15) is 4.79 Å². The van der Waals surface area contributed by atoms with Gasteiger partial charge in [0.1, 0.15) is 0 Å². The second-order valence-electron chi connectivity index (χ2n) is 6.95. The zero-order valence-corrected chi connectivity index (χ0v) is 15.3. The second-order valence-corrected chi connectivity index (χ2v) is 6.95. The van der Waals surface area contributed by atoms with Gasteiger partial charge in [-0.15, -0.1) is 0 Å². The molecule has 0 radical (unpaired) electrons. The Morgan fingerprint density at radius 1 is 1.20 bits per heavy atom. The zero-order chi connectivity index (χ0) is 18.1. The number of pyridine rings is 1. The molecule has 0 aliphatic carbocycles. The number of aryl methyl sites for hydroxylation is 2. The third-order valence-corrected chi connectivity index (χ3v) is 4.18. The number of benzene rings is 1. The van der Waals surface area contributed by atoms with Crippen molar-refractivity contribution in [2.75, 3.05) is 13.6 Å². The van der Waals surface area contributed by atoms with Gasteiger partial charge in [0.05, 0.1) is 22.3 Å². The monoisotopic (exact) mass is 337 g/mol. The lowest BCUT2D eigenvalue weighted by atomic mass is 10.0. The van der Waals surface area contributed by atoms with E-state index in [-0.39, 0.29) is 5.91 Å². The molecule has 0 bridgehead atoms. The lowest BCUT2D eigenvalue weighted by Gasteiger charge is -2.20. The molecular formula is C20H23N3O2. The van der Waals surface area contributed by atoms with E-state index in [2.05, 4.69) is 24.0 Å². The maximum absolute atomic E-state index is 13.0. The Kier molecular flexibility index (Phi) is 4.57. The molecule has 0 saturated heterocycles. The maximum atomic E-state index is 13.0. The normalized spacial score (nSPS) is 11.3. The molecule has 0 aliphatic heterocycles. The van der Waals surface area contributed by atoms with Gasteiger partial charge in [-0.3, -0.25) is 4.79 Å². The van der Waals surface area contributed by atoms with Crippen LogP contribution in [0.2, 0.25) is 0 Å². The van der Waals surface area contributed by atoms with Crippen molar-refractivity contribution in [3.8, 4) is 11.3 Å². The van der Waals surface area contributed by atoms with E-state index >= 15 is 0 Å². The minimum atomic E-state index is -0.0410. The quantitative estimate of drug-likeness (QED) is 0.714. The van der Waals surface area contributed by atoms with Crippen LogP contribution in [0.15, 0.2) is 34.9 Å². The number of nitrogens with zero attached hydrogens (tertiary/aromatic N) is 3. The molecule has 0 fully saturated rings. The predicted molar refractivity (Wildman–Crippen MR) is 98.5 cm³/mol. The first kappa shape index (κ1) is 17.1. The average Bonchev–Trinajstić information content (AvgIpc) is 2.94. The highest BCUT2D eigenvalue weighted by molar-refractivity contribution is 6.06. The predicted octanol–water partition coefficient (Wildman–Crippen LogP) is 4.23. The van der Waals surface area contributed by atoms with Crippen molar-refractivity contribution in [1.29, 1.82) is 0 Å². The van der Waals surface area contributed by atoms with Gasteiger partial charge >= 0.3 is 0 Å². The second kappa shape index (κ2) is 6.67. The molecule has 1 aromatic carbocycles. The highest BCUT2D eigenvalue weighted by Gasteiger charge is 2.22. The van der Waals surface area contributed by atoms with E-state index in [1.165, 1.54) is 5.56 Å². The lowest BCUT2D eigenvalue weighted by molar-refractivity contribution is 0.0781. The highest BCUT2D eigenvalue weighted by atomic mass is 16.5. The molecule has 5 heteroatoms. The first-order chi connectivity index (χ1) is 11.9. The summed E-state index contributed by atoms with van der Waals surface area (Å²) < 4.78 is 5.35. The fraction of sp³-hybridized carbons (Fsp3) is 0.350. The third-order valence-electron chi connectivity index (χ3n) is 4.18. The van der Waals surface area contributed by atoms with Crippen molar-refractivity contribution in [3.05, 3.63) is 47.2 Å². The van der Waals surface area contributed by atoms with Gasteiger partial charge < -0.3 is 9.42 Å². The molecule has 0 spiro atoms. The Morgan fingerprint density at radius 2 is 1.88 bits per heavy atom. The first-order valence-electron chi connectivity index (χ1n) is 8.46. The Balaban J connectivity index is 2.13. The van der Waals surface area contributed by atoms with Crippen LogP contribution in [0.5, 0.6) is 0 Å². The van der Waals surface area contributed by atoms with Crippen LogP contribution in [0.25, 0.3) is 22.4 Å². The largest absolute Gasteiger partial charge is 0.341 e. The third kappa shape index (κ3) is 3.40. The molecule has 0 atom stereocenters. The summed E-state index contributed by atoms with van der Waals surface area (Å²) in [5.74, 6) is 0.354. The SMILES string of the molecule is Cc1ccc(-c2cc(C(=O)N(C)CC(C)C)c3c(C)noc3n2)cc1. The molecule has 2 heterocycles. The molecule has 0 aliphatic rings. The number of rotatable bonds is 4. The van der Waals surface area contributed by atoms with Crippen molar-refractivity contribution in [1.82, 2.24) is 15.0 Å². The van der Waals surface area contributed by atoms with E-state index < -0.39 is 0 Å². The Morgan fingerprint density at radius 3 is 2.52 bits per heavy atom. The van der Waals surface area contributed by atoms with Crippen molar-refractivity contribution in [2.24, 2.45) is 5.92 Å². The van der Waals surface area contributed by atoms with Gasteiger partial charge in [0.25, 0.3) is 11.6 Å². The van der Waals surface area contributed by atoms with E-state index in [0.29, 0.717) is 40.5 Å². The maximum Gasteiger partial charge on any atom is 0.259 e. The molecule has 3 rings (SSSR count). The number of carbonyl (C=O) groups excluding carboxylic acids is 1. The van der Waals surface area contributed by atoms with Crippen LogP contribution in [0.3, 0.4) is 0 Å². The molecule has 0 unspecified atom stereocenters. The van der Waals surface area contributed by atoms with Gasteiger partial charge in [-0.1, -0.05) is 48.8 Å². The summed E-state index contributed by atoms with van der Waals surface area (Å²) in [6.45, 7) is 8.74. The summed E-state index contributed by atoms with van der Waals surface area (Å²) in [6.07, 6.45) is 0. The Bertz CT molecular complexity index is 911. The van der Waals surface area contributed by atoms with Crippen LogP contribution in [-0.4, -0.2) is 34.5 Å². The number of carbonyl (C=O) groups is 1. The van der Waals surface area contributed by atoms with Crippen molar-refractivity contribution in [2.45, 2.75) is 27.7 Å². The van der Waals surface area contributed by atoms with Crippen LogP contribution >= 0.6 is 0 Å². The van der Waals surface area contributed by atoms with Gasteiger partial charge in [-0.05, 0) is 25.8 Å². The van der Waals surface area contributed by atoms with Crippen molar-refractivity contribution < 1.29 is 9.32 Å².